The van der Waals surface area contributed by atoms with Crippen molar-refractivity contribution in [3.63, 3.8) is 0 Å². The van der Waals surface area contributed by atoms with Gasteiger partial charge in [0.05, 0.1) is 18.8 Å². The summed E-state index contributed by atoms with van der Waals surface area (Å²) in [5.74, 6) is 1.15. The lowest BCUT2D eigenvalue weighted by atomic mass is 9.98. The summed E-state index contributed by atoms with van der Waals surface area (Å²) in [6, 6.07) is 7.87. The molecular weight excluding hydrogens is 328 g/mol. The van der Waals surface area contributed by atoms with Crippen LogP contribution in [0.4, 0.5) is 5.69 Å². The lowest BCUT2D eigenvalue weighted by Crippen LogP contribution is -2.40. The van der Waals surface area contributed by atoms with Gasteiger partial charge in [-0.1, -0.05) is 17.7 Å². The third-order valence-electron chi connectivity index (χ3n) is 4.70. The third-order valence-corrected chi connectivity index (χ3v) is 4.70. The lowest BCUT2D eigenvalue weighted by Gasteiger charge is -2.31. The predicted octanol–water partition coefficient (Wildman–Crippen LogP) is 2.82. The highest BCUT2D eigenvalue weighted by atomic mass is 16.5. The summed E-state index contributed by atoms with van der Waals surface area (Å²) in [6.45, 7) is 6.85. The average molecular weight is 354 g/mol. The minimum absolute atomic E-state index is 0.0405. The summed E-state index contributed by atoms with van der Waals surface area (Å²) < 4.78 is 5.81. The summed E-state index contributed by atoms with van der Waals surface area (Å²) in [6.07, 6.45) is 5.37. The second-order valence-electron chi connectivity index (χ2n) is 6.89. The zero-order chi connectivity index (χ0) is 18.4. The maximum absolute atomic E-state index is 12.2. The number of amides is 1. The molecule has 0 aliphatic carbocycles. The molecule has 6 heteroatoms. The monoisotopic (exact) mass is 354 g/mol. The van der Waals surface area contributed by atoms with Gasteiger partial charge in [0.2, 0.25) is 11.8 Å². The maximum atomic E-state index is 12.2. The summed E-state index contributed by atoms with van der Waals surface area (Å²) in [5, 5.41) is 2.96. The number of carbonyl (C=O) groups excluding carboxylic acids is 1. The molecule has 0 spiro atoms. The fraction of sp³-hybridized carbons (Fsp3) is 0.450. The van der Waals surface area contributed by atoms with E-state index in [1.54, 1.807) is 12.4 Å². The first-order chi connectivity index (χ1) is 12.6. The summed E-state index contributed by atoms with van der Waals surface area (Å²) in [7, 11) is 0. The van der Waals surface area contributed by atoms with Crippen LogP contribution in [0, 0.1) is 19.8 Å². The van der Waals surface area contributed by atoms with E-state index >= 15 is 0 Å². The number of nitrogens with one attached hydrogen (secondary N) is 1. The van der Waals surface area contributed by atoms with Crippen LogP contribution in [0.5, 0.6) is 5.88 Å². The van der Waals surface area contributed by atoms with Crippen LogP contribution >= 0.6 is 0 Å². The molecule has 1 amide bonds. The van der Waals surface area contributed by atoms with E-state index in [4.69, 9.17) is 4.74 Å². The van der Waals surface area contributed by atoms with E-state index in [-0.39, 0.29) is 5.91 Å². The molecule has 138 valence electrons. The Morgan fingerprint density at radius 2 is 1.85 bits per heavy atom. The first-order valence-corrected chi connectivity index (χ1v) is 9.09. The summed E-state index contributed by atoms with van der Waals surface area (Å²) in [5.41, 5.74) is 2.85. The Bertz CT molecular complexity index is 725. The van der Waals surface area contributed by atoms with Gasteiger partial charge in [0, 0.05) is 18.1 Å². The number of nitrogens with zero attached hydrogens (tertiary/aromatic N) is 3. The molecule has 1 aromatic heterocycles. The quantitative estimate of drug-likeness (QED) is 0.864. The highest BCUT2D eigenvalue weighted by Crippen LogP contribution is 2.19. The van der Waals surface area contributed by atoms with Crippen LogP contribution in [-0.2, 0) is 4.79 Å². The van der Waals surface area contributed by atoms with Crippen LogP contribution in [0.3, 0.4) is 0 Å². The number of carbonyl (C=O) groups is 1. The highest BCUT2D eigenvalue weighted by molar-refractivity contribution is 5.92. The number of benzene rings is 1. The van der Waals surface area contributed by atoms with E-state index in [9.17, 15) is 4.79 Å². The SMILES string of the molecule is Cc1ccc(NC(=O)CN2CCC(COc3nccnc3C)CC2)cc1. The van der Waals surface area contributed by atoms with Gasteiger partial charge in [-0.15, -0.1) is 0 Å². The zero-order valence-corrected chi connectivity index (χ0v) is 15.4. The number of aryl methyl sites for hydroxylation is 2. The van der Waals surface area contributed by atoms with E-state index < -0.39 is 0 Å². The number of ether oxygens (including phenoxy) is 1. The van der Waals surface area contributed by atoms with Crippen LogP contribution < -0.4 is 10.1 Å². The fourth-order valence-corrected chi connectivity index (χ4v) is 3.09. The number of anilines is 1. The molecule has 0 atom stereocenters. The average Bonchev–Trinajstić information content (AvgIpc) is 2.64. The van der Waals surface area contributed by atoms with Gasteiger partial charge >= 0.3 is 0 Å². The maximum Gasteiger partial charge on any atom is 0.238 e. The predicted molar refractivity (Wildman–Crippen MR) is 101 cm³/mol. The normalized spacial score (nSPS) is 15.6. The van der Waals surface area contributed by atoms with E-state index in [2.05, 4.69) is 20.2 Å². The van der Waals surface area contributed by atoms with Crippen molar-refractivity contribution < 1.29 is 9.53 Å². The first-order valence-electron chi connectivity index (χ1n) is 9.09. The van der Waals surface area contributed by atoms with Gasteiger partial charge in [-0.3, -0.25) is 14.7 Å². The van der Waals surface area contributed by atoms with E-state index in [0.717, 1.165) is 37.3 Å². The molecule has 0 saturated carbocycles. The molecule has 1 N–H and O–H groups in total. The smallest absolute Gasteiger partial charge is 0.238 e. The molecule has 26 heavy (non-hydrogen) atoms. The number of piperidine rings is 1. The van der Waals surface area contributed by atoms with Crippen LogP contribution in [0.1, 0.15) is 24.1 Å². The second kappa shape index (κ2) is 8.76. The van der Waals surface area contributed by atoms with Crippen molar-refractivity contribution in [1.29, 1.82) is 0 Å². The number of aromatic nitrogens is 2. The van der Waals surface area contributed by atoms with Gasteiger partial charge in [-0.05, 0) is 57.8 Å². The first kappa shape index (κ1) is 18.3. The van der Waals surface area contributed by atoms with Gasteiger partial charge in [0.1, 0.15) is 0 Å². The van der Waals surface area contributed by atoms with Gasteiger partial charge < -0.3 is 10.1 Å². The largest absolute Gasteiger partial charge is 0.476 e. The van der Waals surface area contributed by atoms with Gasteiger partial charge in [-0.25, -0.2) is 4.98 Å². The Morgan fingerprint density at radius 3 is 2.54 bits per heavy atom. The van der Waals surface area contributed by atoms with Crippen molar-refractivity contribution in [2.45, 2.75) is 26.7 Å². The van der Waals surface area contributed by atoms with Crippen LogP contribution in [-0.4, -0.2) is 47.0 Å². The Balaban J connectivity index is 1.38. The van der Waals surface area contributed by atoms with Gasteiger partial charge in [-0.2, -0.15) is 0 Å². The number of hydrogen-bond donors (Lipinski definition) is 1. The van der Waals surface area contributed by atoms with Crippen molar-refractivity contribution in [1.82, 2.24) is 14.9 Å². The molecule has 1 aliphatic heterocycles. The molecule has 1 saturated heterocycles. The summed E-state index contributed by atoms with van der Waals surface area (Å²) in [4.78, 5) is 22.8. The molecule has 2 heterocycles. The van der Waals surface area contributed by atoms with E-state index in [1.165, 1.54) is 5.56 Å². The molecular formula is C20H26N4O2. The van der Waals surface area contributed by atoms with Crippen molar-refractivity contribution >= 4 is 11.6 Å². The van der Waals surface area contributed by atoms with Crippen molar-refractivity contribution in [2.75, 3.05) is 31.6 Å². The molecule has 1 fully saturated rings. The molecule has 0 unspecified atom stereocenters. The highest BCUT2D eigenvalue weighted by Gasteiger charge is 2.21. The molecule has 2 aromatic rings. The van der Waals surface area contributed by atoms with Gasteiger partial charge in [0.25, 0.3) is 0 Å². The molecule has 0 radical (unpaired) electrons. The third kappa shape index (κ3) is 5.26. The number of rotatable bonds is 6. The molecule has 3 rings (SSSR count). The molecule has 1 aromatic carbocycles. The lowest BCUT2D eigenvalue weighted by molar-refractivity contribution is -0.117. The van der Waals surface area contributed by atoms with Crippen molar-refractivity contribution in [2.24, 2.45) is 5.92 Å². The van der Waals surface area contributed by atoms with Crippen molar-refractivity contribution in [3.8, 4) is 5.88 Å². The Labute approximate surface area is 154 Å². The van der Waals surface area contributed by atoms with Crippen LogP contribution in [0.25, 0.3) is 0 Å². The zero-order valence-electron chi connectivity index (χ0n) is 15.4. The summed E-state index contributed by atoms with van der Waals surface area (Å²) >= 11 is 0. The standard InChI is InChI=1S/C20H26N4O2/c1-15-3-5-18(6-4-15)23-19(25)13-24-11-7-17(8-12-24)14-26-20-16(2)21-9-10-22-20/h3-6,9-10,17H,7-8,11-14H2,1-2H3,(H,23,25). The van der Waals surface area contributed by atoms with Gasteiger partial charge in [0.15, 0.2) is 0 Å². The fourth-order valence-electron chi connectivity index (χ4n) is 3.09. The van der Waals surface area contributed by atoms with E-state index in [1.807, 2.05) is 38.1 Å². The molecule has 1 aliphatic rings. The minimum atomic E-state index is 0.0405. The van der Waals surface area contributed by atoms with Crippen molar-refractivity contribution in [3.05, 3.63) is 47.9 Å². The number of hydrogen-bond acceptors (Lipinski definition) is 5. The Kier molecular flexibility index (Phi) is 6.17. The second-order valence-corrected chi connectivity index (χ2v) is 6.89. The Morgan fingerprint density at radius 1 is 1.15 bits per heavy atom. The van der Waals surface area contributed by atoms with E-state index in [0.29, 0.717) is 24.9 Å². The minimum Gasteiger partial charge on any atom is -0.476 e. The van der Waals surface area contributed by atoms with Crippen LogP contribution in [0.2, 0.25) is 0 Å². The van der Waals surface area contributed by atoms with Crippen LogP contribution in [0.15, 0.2) is 36.7 Å². The number of likely N-dealkylation sites (tertiary alicyclic amines) is 1. The molecule has 0 bridgehead atoms. The Hall–Kier alpha value is -2.47. The topological polar surface area (TPSA) is 67.4 Å². The molecule has 6 nitrogen and oxygen atoms in total.